The summed E-state index contributed by atoms with van der Waals surface area (Å²) < 4.78 is 47.7. The first-order valence-corrected chi connectivity index (χ1v) is 21.7. The molecule has 56 heavy (non-hydrogen) atoms. The molecule has 15 nitrogen and oxygen atoms in total. The molecule has 3 aromatic heterocycles. The minimum Gasteiger partial charge on any atom is -0.495 e. The fraction of sp³-hybridized carbons (Fsp3) is 0.700. The molecule has 1 fully saturated rings. The molecular weight excluding hydrogens is 741 g/mol. The van der Waals surface area contributed by atoms with Gasteiger partial charge in [-0.3, -0.25) is 9.05 Å². The van der Waals surface area contributed by atoms with Crippen LogP contribution in [-0.2, 0) is 28.7 Å². The number of rotatable bonds is 29. The van der Waals surface area contributed by atoms with Gasteiger partial charge in [-0.2, -0.15) is 10.4 Å². The zero-order chi connectivity index (χ0) is 40.2. The Hall–Kier alpha value is -3.19. The van der Waals surface area contributed by atoms with Crippen LogP contribution in [0.2, 0.25) is 0 Å². The van der Waals surface area contributed by atoms with Crippen molar-refractivity contribution >= 4 is 13.3 Å². The molecule has 0 aliphatic carbocycles. The number of phosphoric acid groups is 1. The van der Waals surface area contributed by atoms with Crippen LogP contribution in [0.25, 0.3) is 5.52 Å². The summed E-state index contributed by atoms with van der Waals surface area (Å²) in [5.74, 6) is 0.773. The molecule has 1 unspecified atom stereocenters. The van der Waals surface area contributed by atoms with Gasteiger partial charge in [0.15, 0.2) is 0 Å². The zero-order valence-electron chi connectivity index (χ0n) is 33.3. The second kappa shape index (κ2) is 23.9. The lowest BCUT2D eigenvalue weighted by atomic mass is 9.92. The van der Waals surface area contributed by atoms with Gasteiger partial charge in [0.05, 0.1) is 50.0 Å². The lowest BCUT2D eigenvalue weighted by molar-refractivity contribution is -0.0652. The van der Waals surface area contributed by atoms with Crippen LogP contribution in [0.3, 0.4) is 0 Å². The van der Waals surface area contributed by atoms with Crippen molar-refractivity contribution in [2.45, 2.75) is 147 Å². The van der Waals surface area contributed by atoms with Crippen molar-refractivity contribution in [2.24, 2.45) is 0 Å². The lowest BCUT2D eigenvalue weighted by Gasteiger charge is -2.24. The third-order valence-corrected chi connectivity index (χ3v) is 11.1. The molecule has 6 atom stereocenters. The van der Waals surface area contributed by atoms with E-state index in [1.54, 1.807) is 31.2 Å². The molecule has 4 rings (SSSR count). The van der Waals surface area contributed by atoms with E-state index < -0.39 is 51.1 Å². The van der Waals surface area contributed by atoms with Crippen LogP contribution in [0.15, 0.2) is 36.8 Å². The second-order valence-corrected chi connectivity index (χ2v) is 16.0. The van der Waals surface area contributed by atoms with E-state index in [0.717, 1.165) is 19.3 Å². The second-order valence-electron chi connectivity index (χ2n) is 14.5. The highest BCUT2D eigenvalue weighted by molar-refractivity contribution is 7.47. The predicted octanol–water partition coefficient (Wildman–Crippen LogP) is 7.14. The van der Waals surface area contributed by atoms with Gasteiger partial charge in [-0.1, -0.05) is 103 Å². The predicted molar refractivity (Wildman–Crippen MR) is 209 cm³/mol. The van der Waals surface area contributed by atoms with Gasteiger partial charge in [-0.25, -0.2) is 19.0 Å². The Morgan fingerprint density at radius 1 is 0.911 bits per heavy atom. The molecule has 3 aromatic rings. The van der Waals surface area contributed by atoms with Crippen LogP contribution in [0.5, 0.6) is 11.6 Å². The van der Waals surface area contributed by atoms with E-state index in [1.807, 2.05) is 6.07 Å². The maximum absolute atomic E-state index is 13.0. The Bertz CT molecular complexity index is 1660. The molecule has 1 saturated heterocycles. The summed E-state index contributed by atoms with van der Waals surface area (Å²) >= 11 is 0. The maximum Gasteiger partial charge on any atom is 0.472 e. The molecule has 0 bridgehead atoms. The van der Waals surface area contributed by atoms with Crippen molar-refractivity contribution in [2.75, 3.05) is 33.5 Å². The maximum atomic E-state index is 13.0. The number of nitrogens with zero attached hydrogens (tertiary/aromatic N) is 5. The molecule has 1 aliphatic heterocycles. The lowest BCUT2D eigenvalue weighted by Crippen LogP contribution is -2.41. The molecule has 0 spiro atoms. The molecule has 4 heterocycles. The third-order valence-electron chi connectivity index (χ3n) is 10.2. The monoisotopic (exact) mass is 803 g/mol. The molecule has 0 aromatic carbocycles. The number of ether oxygens (including phenoxy) is 4. The Balaban J connectivity index is 1.18. The van der Waals surface area contributed by atoms with Crippen molar-refractivity contribution in [1.29, 1.82) is 5.26 Å². The van der Waals surface area contributed by atoms with Crippen LogP contribution in [0.1, 0.15) is 121 Å². The van der Waals surface area contributed by atoms with Gasteiger partial charge in [-0.05, 0) is 31.5 Å². The van der Waals surface area contributed by atoms with Crippen molar-refractivity contribution in [3.8, 4) is 17.7 Å². The molecular formula is C40H62N5O10P. The number of nitriles is 1. The van der Waals surface area contributed by atoms with E-state index in [-0.39, 0.29) is 18.2 Å². The number of hydrogen-bond acceptors (Lipinski definition) is 13. The Morgan fingerprint density at radius 3 is 2.14 bits per heavy atom. The van der Waals surface area contributed by atoms with Crippen LogP contribution < -0.4 is 9.47 Å². The SMILES string of the molecule is CCCCCCCCCCCCCCCCCCOC[C@H](COP(=O)(O)OC[C@H]1O[C@@](C#N)(c2ccc3c(C)ncnn23)[C@H](O)[C@@H]1O)Oc1ccc(OC)cn1. The Kier molecular flexibility index (Phi) is 19.4. The quantitative estimate of drug-likeness (QED) is 0.0472. The van der Waals surface area contributed by atoms with E-state index in [4.69, 9.17) is 28.0 Å². The molecule has 0 amide bonds. The fourth-order valence-corrected chi connectivity index (χ4v) is 7.61. The van der Waals surface area contributed by atoms with Gasteiger partial charge in [-0.15, -0.1) is 0 Å². The first kappa shape index (κ1) is 45.5. The number of unbranched alkanes of at least 4 members (excludes halogenated alkanes) is 15. The average molecular weight is 804 g/mol. The van der Waals surface area contributed by atoms with Gasteiger partial charge < -0.3 is 34.1 Å². The highest BCUT2D eigenvalue weighted by Crippen LogP contribution is 2.46. The van der Waals surface area contributed by atoms with Crippen LogP contribution in [0, 0.1) is 18.3 Å². The van der Waals surface area contributed by atoms with E-state index in [1.165, 1.54) is 108 Å². The highest BCUT2D eigenvalue weighted by atomic mass is 31.2. The summed E-state index contributed by atoms with van der Waals surface area (Å²) in [5.41, 5.74) is -0.688. The van der Waals surface area contributed by atoms with Gasteiger partial charge in [0.2, 0.25) is 11.5 Å². The number of methoxy groups -OCH3 is 1. The largest absolute Gasteiger partial charge is 0.495 e. The van der Waals surface area contributed by atoms with Crippen molar-refractivity contribution in [3.63, 3.8) is 0 Å². The van der Waals surface area contributed by atoms with E-state index in [9.17, 15) is 24.9 Å². The van der Waals surface area contributed by atoms with Gasteiger partial charge in [0.25, 0.3) is 0 Å². The molecule has 0 saturated carbocycles. The highest BCUT2D eigenvalue weighted by Gasteiger charge is 2.58. The average Bonchev–Trinajstić information content (AvgIpc) is 3.75. The first-order chi connectivity index (χ1) is 27.1. The summed E-state index contributed by atoms with van der Waals surface area (Å²) in [6.45, 7) is 3.50. The molecule has 16 heteroatoms. The summed E-state index contributed by atoms with van der Waals surface area (Å²) in [6, 6.07) is 8.43. The van der Waals surface area contributed by atoms with Gasteiger partial charge in [0, 0.05) is 12.7 Å². The Morgan fingerprint density at radius 2 is 1.55 bits per heavy atom. The topological polar surface area (TPSA) is 200 Å². The summed E-state index contributed by atoms with van der Waals surface area (Å²) in [5, 5.41) is 36.1. The number of phosphoric ester groups is 1. The van der Waals surface area contributed by atoms with Gasteiger partial charge >= 0.3 is 7.82 Å². The van der Waals surface area contributed by atoms with Crippen LogP contribution >= 0.6 is 7.82 Å². The molecule has 3 N–H and O–H groups in total. The molecule has 1 aliphatic rings. The zero-order valence-corrected chi connectivity index (χ0v) is 34.2. The third kappa shape index (κ3) is 13.7. The van der Waals surface area contributed by atoms with Crippen molar-refractivity contribution < 1.29 is 47.7 Å². The molecule has 312 valence electrons. The van der Waals surface area contributed by atoms with Crippen LogP contribution in [0.4, 0.5) is 0 Å². The minimum atomic E-state index is -4.75. The minimum absolute atomic E-state index is 0.0576. The number of aliphatic hydroxyl groups is 2. The van der Waals surface area contributed by atoms with Crippen LogP contribution in [-0.4, -0.2) is 92.6 Å². The number of aromatic nitrogens is 4. The Labute approximate surface area is 331 Å². The van der Waals surface area contributed by atoms with Crippen molar-refractivity contribution in [3.05, 3.63) is 48.2 Å². The van der Waals surface area contributed by atoms with Gasteiger partial charge in [0.1, 0.15) is 42.6 Å². The smallest absolute Gasteiger partial charge is 0.472 e. The number of fused-ring (bicyclic) bond motifs is 1. The summed E-state index contributed by atoms with van der Waals surface area (Å²) in [4.78, 5) is 18.9. The number of aliphatic hydroxyl groups excluding tert-OH is 2. The number of pyridine rings is 1. The van der Waals surface area contributed by atoms with E-state index >= 15 is 0 Å². The normalized spacial score (nSPS) is 21.2. The number of hydrogen-bond donors (Lipinski definition) is 3. The number of aryl methyl sites for hydroxylation is 1. The standard InChI is InChI=1S/C40H62N5O10P/c1-4-5-6-7-8-9-10-11-12-13-14-15-16-17-18-19-24-51-26-33(54-37-23-20-32(50-3)25-42-37)27-52-56(48,49)53-28-35-38(46)39(47)40(29-41,55-35)36-22-21-34-31(2)43-30-44-45(34)36/h20-23,25,30,33,35,38-39,46-47H,4-19,24,26-28H2,1-3H3,(H,48,49)/t33-,35-,38-,39-,40+/m1/s1. The summed E-state index contributed by atoms with van der Waals surface area (Å²) in [7, 11) is -3.23. The van der Waals surface area contributed by atoms with Crippen molar-refractivity contribution in [1.82, 2.24) is 19.6 Å². The summed E-state index contributed by atoms with van der Waals surface area (Å²) in [6.07, 6.45) is 17.7. The first-order valence-electron chi connectivity index (χ1n) is 20.3. The fourth-order valence-electron chi connectivity index (χ4n) is 6.85. The van der Waals surface area contributed by atoms with E-state index in [0.29, 0.717) is 23.6 Å². The molecule has 0 radical (unpaired) electrons. The van der Waals surface area contributed by atoms with E-state index in [2.05, 4.69) is 22.0 Å².